The lowest BCUT2D eigenvalue weighted by molar-refractivity contribution is -0.142. The van der Waals surface area contributed by atoms with Gasteiger partial charge in [-0.3, -0.25) is 9.18 Å². The summed E-state index contributed by atoms with van der Waals surface area (Å²) in [4.78, 5) is 11.2. The summed E-state index contributed by atoms with van der Waals surface area (Å²) in [5, 5.41) is 0. The molecule has 1 saturated carbocycles. The Hall–Kier alpha value is -1.42. The molecule has 0 unspecified atom stereocenters. The summed E-state index contributed by atoms with van der Waals surface area (Å²) < 4.78 is 24.2. The summed E-state index contributed by atoms with van der Waals surface area (Å²) >= 11 is 0. The minimum absolute atomic E-state index is 0.00160. The van der Waals surface area contributed by atoms with Crippen LogP contribution in [0.5, 0.6) is 0 Å². The van der Waals surface area contributed by atoms with E-state index in [1.807, 2.05) is 30.3 Å². The van der Waals surface area contributed by atoms with Crippen molar-refractivity contribution in [3.63, 3.8) is 0 Å². The van der Waals surface area contributed by atoms with E-state index in [-0.39, 0.29) is 30.0 Å². The van der Waals surface area contributed by atoms with E-state index >= 15 is 0 Å². The molecule has 1 heterocycles. The van der Waals surface area contributed by atoms with E-state index < -0.39 is 6.67 Å². The lowest BCUT2D eigenvalue weighted by Crippen LogP contribution is -2.24. The van der Waals surface area contributed by atoms with E-state index in [1.165, 1.54) is 0 Å². The van der Waals surface area contributed by atoms with Gasteiger partial charge in [0.05, 0.1) is 25.8 Å². The quantitative estimate of drug-likeness (QED) is 0.784. The molecular formula is C15H17FO3. The number of hydrogen-bond acceptors (Lipinski definition) is 3. The molecule has 1 aromatic carbocycles. The molecule has 4 atom stereocenters. The van der Waals surface area contributed by atoms with Crippen molar-refractivity contribution in [2.45, 2.75) is 31.7 Å². The van der Waals surface area contributed by atoms with Gasteiger partial charge < -0.3 is 9.47 Å². The van der Waals surface area contributed by atoms with Gasteiger partial charge in [-0.2, -0.15) is 0 Å². The molecule has 102 valence electrons. The van der Waals surface area contributed by atoms with Crippen molar-refractivity contribution in [2.24, 2.45) is 11.8 Å². The molecule has 1 aliphatic carbocycles. The Balaban J connectivity index is 1.61. The van der Waals surface area contributed by atoms with Gasteiger partial charge in [-0.15, -0.1) is 0 Å². The Kier molecular flexibility index (Phi) is 3.51. The number of ether oxygens (including phenoxy) is 2. The average Bonchev–Trinajstić information content (AvgIpc) is 2.92. The third-order valence-corrected chi connectivity index (χ3v) is 4.14. The van der Waals surface area contributed by atoms with Crippen molar-refractivity contribution < 1.29 is 18.7 Å². The van der Waals surface area contributed by atoms with Gasteiger partial charge in [-0.05, 0) is 5.56 Å². The summed E-state index contributed by atoms with van der Waals surface area (Å²) in [6.07, 6.45) is 0.671. The van der Waals surface area contributed by atoms with Gasteiger partial charge in [-0.1, -0.05) is 30.3 Å². The third-order valence-electron chi connectivity index (χ3n) is 4.14. The second-order valence-electron chi connectivity index (χ2n) is 5.29. The van der Waals surface area contributed by atoms with Crippen molar-refractivity contribution in [3.05, 3.63) is 35.9 Å². The highest BCUT2D eigenvalue weighted by Gasteiger charge is 2.50. The van der Waals surface area contributed by atoms with Gasteiger partial charge in [0.25, 0.3) is 0 Å². The molecule has 1 aromatic rings. The van der Waals surface area contributed by atoms with Crippen molar-refractivity contribution in [1.82, 2.24) is 0 Å². The first-order valence-corrected chi connectivity index (χ1v) is 6.69. The van der Waals surface area contributed by atoms with Crippen molar-refractivity contribution in [2.75, 3.05) is 6.67 Å². The molecule has 0 N–H and O–H groups in total. The molecule has 3 nitrogen and oxygen atoms in total. The Labute approximate surface area is 111 Å². The SMILES string of the molecule is O=C1C[C@@H]2[C@@H](CF)[C@H](OCc3ccccc3)C[C@@H]2O1. The van der Waals surface area contributed by atoms with Gasteiger partial charge in [0.2, 0.25) is 0 Å². The van der Waals surface area contributed by atoms with Gasteiger partial charge in [0.1, 0.15) is 6.10 Å². The lowest BCUT2D eigenvalue weighted by Gasteiger charge is -2.20. The predicted molar refractivity (Wildman–Crippen MR) is 67.1 cm³/mol. The molecule has 0 radical (unpaired) electrons. The van der Waals surface area contributed by atoms with Crippen LogP contribution in [0.1, 0.15) is 18.4 Å². The number of benzene rings is 1. The number of carbonyl (C=O) groups excluding carboxylic acids is 1. The van der Waals surface area contributed by atoms with E-state index in [2.05, 4.69) is 0 Å². The van der Waals surface area contributed by atoms with Crippen LogP contribution in [0.15, 0.2) is 30.3 Å². The second kappa shape index (κ2) is 5.29. The maximum absolute atomic E-state index is 13.2. The molecule has 0 bridgehead atoms. The zero-order valence-corrected chi connectivity index (χ0v) is 10.6. The first kappa shape index (κ1) is 12.6. The normalized spacial score (nSPS) is 33.2. The van der Waals surface area contributed by atoms with Crippen LogP contribution in [0.25, 0.3) is 0 Å². The van der Waals surface area contributed by atoms with Gasteiger partial charge in [-0.25, -0.2) is 0 Å². The summed E-state index contributed by atoms with van der Waals surface area (Å²) in [6, 6.07) is 9.83. The van der Waals surface area contributed by atoms with Crippen LogP contribution < -0.4 is 0 Å². The Morgan fingerprint density at radius 2 is 2.11 bits per heavy atom. The smallest absolute Gasteiger partial charge is 0.306 e. The molecule has 0 aromatic heterocycles. The van der Waals surface area contributed by atoms with Crippen molar-refractivity contribution in [3.8, 4) is 0 Å². The zero-order valence-electron chi connectivity index (χ0n) is 10.6. The van der Waals surface area contributed by atoms with E-state index in [9.17, 15) is 9.18 Å². The highest BCUT2D eigenvalue weighted by atomic mass is 19.1. The van der Waals surface area contributed by atoms with Crippen LogP contribution in [0.4, 0.5) is 4.39 Å². The Bertz CT molecular complexity index is 448. The summed E-state index contributed by atoms with van der Waals surface area (Å²) in [5.74, 6) is -0.409. The van der Waals surface area contributed by atoms with Crippen molar-refractivity contribution in [1.29, 1.82) is 0 Å². The Morgan fingerprint density at radius 3 is 2.84 bits per heavy atom. The van der Waals surface area contributed by atoms with E-state index in [4.69, 9.17) is 9.47 Å². The maximum atomic E-state index is 13.2. The minimum atomic E-state index is -0.447. The van der Waals surface area contributed by atoms with E-state index in [1.54, 1.807) is 0 Å². The molecule has 2 aliphatic rings. The van der Waals surface area contributed by atoms with Gasteiger partial charge >= 0.3 is 5.97 Å². The highest BCUT2D eigenvalue weighted by Crippen LogP contribution is 2.43. The van der Waals surface area contributed by atoms with E-state index in [0.717, 1.165) is 5.56 Å². The summed E-state index contributed by atoms with van der Waals surface area (Å²) in [7, 11) is 0. The molecule has 0 amide bonds. The van der Waals surface area contributed by atoms with Crippen LogP contribution in [0, 0.1) is 11.8 Å². The Morgan fingerprint density at radius 1 is 1.32 bits per heavy atom. The first-order chi connectivity index (χ1) is 9.28. The summed E-state index contributed by atoms with van der Waals surface area (Å²) in [6.45, 7) is 0.0344. The average molecular weight is 264 g/mol. The minimum Gasteiger partial charge on any atom is -0.462 e. The summed E-state index contributed by atoms with van der Waals surface area (Å²) in [5.41, 5.74) is 1.08. The number of carbonyl (C=O) groups is 1. The molecule has 4 heteroatoms. The van der Waals surface area contributed by atoms with E-state index in [0.29, 0.717) is 19.4 Å². The highest BCUT2D eigenvalue weighted by molar-refractivity contribution is 5.72. The fourth-order valence-electron chi connectivity index (χ4n) is 3.14. The monoisotopic (exact) mass is 264 g/mol. The number of esters is 1. The maximum Gasteiger partial charge on any atom is 0.306 e. The van der Waals surface area contributed by atoms with Crippen LogP contribution in [0.2, 0.25) is 0 Å². The standard InChI is InChI=1S/C15H17FO3/c16-8-12-11-6-15(17)19-14(11)7-13(12)18-9-10-4-2-1-3-5-10/h1-5,11-14H,6-9H2/t11-,12-,13-,14+/m1/s1. The molecule has 1 saturated heterocycles. The fourth-order valence-corrected chi connectivity index (χ4v) is 3.14. The second-order valence-corrected chi connectivity index (χ2v) is 5.29. The molecule has 19 heavy (non-hydrogen) atoms. The molecular weight excluding hydrogens is 247 g/mol. The van der Waals surface area contributed by atoms with Crippen LogP contribution in [-0.4, -0.2) is 24.9 Å². The molecule has 3 rings (SSSR count). The first-order valence-electron chi connectivity index (χ1n) is 6.69. The molecule has 0 spiro atoms. The van der Waals surface area contributed by atoms with Crippen LogP contribution in [-0.2, 0) is 20.9 Å². The number of hydrogen-bond donors (Lipinski definition) is 0. The molecule has 2 fully saturated rings. The lowest BCUT2D eigenvalue weighted by atomic mass is 9.93. The van der Waals surface area contributed by atoms with Crippen LogP contribution >= 0.6 is 0 Å². The number of rotatable bonds is 4. The van der Waals surface area contributed by atoms with Crippen molar-refractivity contribution >= 4 is 5.97 Å². The topological polar surface area (TPSA) is 35.5 Å². The fraction of sp³-hybridized carbons (Fsp3) is 0.533. The zero-order chi connectivity index (χ0) is 13.2. The third kappa shape index (κ3) is 2.50. The molecule has 1 aliphatic heterocycles. The number of alkyl halides is 1. The predicted octanol–water partition coefficient (Wildman–Crippen LogP) is 2.49. The number of fused-ring (bicyclic) bond motifs is 1. The van der Waals surface area contributed by atoms with Gasteiger partial charge in [0.15, 0.2) is 0 Å². The number of halogens is 1. The van der Waals surface area contributed by atoms with Gasteiger partial charge in [0, 0.05) is 18.3 Å². The van der Waals surface area contributed by atoms with Crippen LogP contribution in [0.3, 0.4) is 0 Å². The largest absolute Gasteiger partial charge is 0.462 e.